The molecule has 0 bridgehead atoms. The van der Waals surface area contributed by atoms with Crippen LogP contribution in [0.25, 0.3) is 10.6 Å². The molecule has 2 aromatic heterocycles. The molecule has 1 N–H and O–H groups in total. The second-order valence-corrected chi connectivity index (χ2v) is 8.27. The van der Waals surface area contributed by atoms with Crippen molar-refractivity contribution in [3.63, 3.8) is 0 Å². The molecular weight excluding hydrogens is 386 g/mol. The molecule has 0 radical (unpaired) electrons. The quantitative estimate of drug-likeness (QED) is 0.703. The van der Waals surface area contributed by atoms with Crippen LogP contribution in [-0.4, -0.2) is 51.1 Å². The van der Waals surface area contributed by atoms with Gasteiger partial charge in [-0.15, -0.1) is 11.3 Å². The van der Waals surface area contributed by atoms with Crippen molar-refractivity contribution < 1.29 is 9.59 Å². The number of nitrogens with one attached hydrogen (secondary N) is 1. The van der Waals surface area contributed by atoms with E-state index in [2.05, 4.69) is 15.4 Å². The molecule has 4 rings (SSSR count). The van der Waals surface area contributed by atoms with Gasteiger partial charge in [-0.2, -0.15) is 5.10 Å². The fraction of sp³-hybridized carbons (Fsp3) is 0.333. The number of aromatic nitrogens is 3. The fourth-order valence-corrected chi connectivity index (χ4v) is 4.35. The number of thiazole rings is 1. The molecule has 150 valence electrons. The molecule has 0 saturated carbocycles. The number of amides is 2. The van der Waals surface area contributed by atoms with Crippen LogP contribution in [0.4, 0.5) is 0 Å². The number of hydrogen-bond acceptors (Lipinski definition) is 5. The Morgan fingerprint density at radius 1 is 1.17 bits per heavy atom. The number of aryl methyl sites for hydroxylation is 1. The van der Waals surface area contributed by atoms with E-state index in [1.54, 1.807) is 30.3 Å². The van der Waals surface area contributed by atoms with Crippen LogP contribution in [0.1, 0.15) is 32.9 Å². The lowest BCUT2D eigenvalue weighted by Crippen LogP contribution is -2.41. The summed E-state index contributed by atoms with van der Waals surface area (Å²) >= 11 is 1.44. The highest BCUT2D eigenvalue weighted by molar-refractivity contribution is 7.16. The Morgan fingerprint density at radius 3 is 2.62 bits per heavy atom. The van der Waals surface area contributed by atoms with Crippen LogP contribution in [0.5, 0.6) is 0 Å². The fourth-order valence-electron chi connectivity index (χ4n) is 3.46. The van der Waals surface area contributed by atoms with Crippen molar-refractivity contribution in [1.82, 2.24) is 25.0 Å². The van der Waals surface area contributed by atoms with Crippen LogP contribution in [0.15, 0.2) is 48.9 Å². The molecule has 1 aliphatic heterocycles. The molecule has 8 heteroatoms. The average molecular weight is 410 g/mol. The molecule has 29 heavy (non-hydrogen) atoms. The predicted octanol–water partition coefficient (Wildman–Crippen LogP) is 2.83. The lowest BCUT2D eigenvalue weighted by atomic mass is 9.96. The van der Waals surface area contributed by atoms with Crippen LogP contribution < -0.4 is 5.32 Å². The number of nitrogens with zero attached hydrogens (tertiary/aromatic N) is 4. The molecule has 1 fully saturated rings. The number of rotatable bonds is 5. The number of likely N-dealkylation sites (tertiary alicyclic amines) is 1. The minimum absolute atomic E-state index is 0.0440. The van der Waals surface area contributed by atoms with E-state index in [9.17, 15) is 9.59 Å². The van der Waals surface area contributed by atoms with Crippen molar-refractivity contribution in [2.45, 2.75) is 12.8 Å². The molecule has 1 aliphatic rings. The van der Waals surface area contributed by atoms with Gasteiger partial charge in [0, 0.05) is 38.4 Å². The summed E-state index contributed by atoms with van der Waals surface area (Å²) < 4.78 is 1.61. The van der Waals surface area contributed by atoms with Gasteiger partial charge in [0.25, 0.3) is 11.8 Å². The molecular formula is C21H23N5O2S. The van der Waals surface area contributed by atoms with Crippen LogP contribution in [0.2, 0.25) is 0 Å². The van der Waals surface area contributed by atoms with Crippen molar-refractivity contribution in [2.24, 2.45) is 13.0 Å². The Kier molecular flexibility index (Phi) is 5.71. The molecule has 1 saturated heterocycles. The van der Waals surface area contributed by atoms with Gasteiger partial charge >= 0.3 is 0 Å². The number of carbonyl (C=O) groups excluding carboxylic acids is 2. The maximum atomic E-state index is 12.8. The SMILES string of the molecule is Cn1cc(C(=O)NCC2CCN(C(=O)c3cnc(-c4ccccc4)s3)CC2)cn1. The summed E-state index contributed by atoms with van der Waals surface area (Å²) in [6, 6.07) is 9.90. The van der Waals surface area contributed by atoms with Gasteiger partial charge in [-0.05, 0) is 18.8 Å². The van der Waals surface area contributed by atoms with Crippen molar-refractivity contribution >= 4 is 23.2 Å². The monoisotopic (exact) mass is 409 g/mol. The van der Waals surface area contributed by atoms with Gasteiger partial charge in [0.2, 0.25) is 0 Å². The van der Waals surface area contributed by atoms with Gasteiger partial charge in [0.1, 0.15) is 9.88 Å². The standard InChI is InChI=1S/C21H23N5O2S/c1-25-14-17(12-24-25)19(27)22-11-15-7-9-26(10-8-15)21(28)18-13-23-20(29-18)16-5-3-2-4-6-16/h2-6,12-15H,7-11H2,1H3,(H,22,27). The van der Waals surface area contributed by atoms with E-state index >= 15 is 0 Å². The zero-order chi connectivity index (χ0) is 20.2. The van der Waals surface area contributed by atoms with Gasteiger partial charge in [0.05, 0.1) is 18.0 Å². The Balaban J connectivity index is 1.28. The number of carbonyl (C=O) groups is 2. The first kappa shape index (κ1) is 19.3. The Labute approximate surface area is 173 Å². The van der Waals surface area contributed by atoms with Crippen LogP contribution in [-0.2, 0) is 7.05 Å². The number of hydrogen-bond donors (Lipinski definition) is 1. The molecule has 3 heterocycles. The number of piperidine rings is 1. The first-order chi connectivity index (χ1) is 14.1. The van der Waals surface area contributed by atoms with Crippen LogP contribution in [0, 0.1) is 5.92 Å². The first-order valence-electron chi connectivity index (χ1n) is 9.67. The summed E-state index contributed by atoms with van der Waals surface area (Å²) in [5.41, 5.74) is 1.60. The summed E-state index contributed by atoms with van der Waals surface area (Å²) in [4.78, 5) is 31.9. The number of benzene rings is 1. The van der Waals surface area contributed by atoms with Gasteiger partial charge in [0.15, 0.2) is 0 Å². The Morgan fingerprint density at radius 2 is 1.93 bits per heavy atom. The van der Waals surface area contributed by atoms with E-state index in [-0.39, 0.29) is 11.8 Å². The predicted molar refractivity (Wildman–Crippen MR) is 112 cm³/mol. The van der Waals surface area contributed by atoms with Crippen molar-refractivity contribution in [1.29, 1.82) is 0 Å². The second-order valence-electron chi connectivity index (χ2n) is 7.24. The Bertz CT molecular complexity index is 989. The van der Waals surface area contributed by atoms with Crippen LogP contribution >= 0.6 is 11.3 Å². The van der Waals surface area contributed by atoms with Crippen molar-refractivity contribution in [3.05, 3.63) is 59.4 Å². The molecule has 0 aliphatic carbocycles. The molecule has 0 atom stereocenters. The third-order valence-corrected chi connectivity index (χ3v) is 6.19. The lowest BCUT2D eigenvalue weighted by molar-refractivity contribution is 0.0689. The third kappa shape index (κ3) is 4.54. The molecule has 0 spiro atoms. The highest BCUT2D eigenvalue weighted by atomic mass is 32.1. The topological polar surface area (TPSA) is 80.1 Å². The highest BCUT2D eigenvalue weighted by Crippen LogP contribution is 2.27. The van der Waals surface area contributed by atoms with E-state index in [1.807, 2.05) is 35.2 Å². The summed E-state index contributed by atoms with van der Waals surface area (Å²) in [5, 5.41) is 7.86. The molecule has 3 aromatic rings. The normalized spacial score (nSPS) is 14.7. The molecule has 2 amide bonds. The van der Waals surface area contributed by atoms with Gasteiger partial charge in [-0.1, -0.05) is 30.3 Å². The second kappa shape index (κ2) is 8.57. The first-order valence-corrected chi connectivity index (χ1v) is 10.5. The molecule has 1 aromatic carbocycles. The minimum atomic E-state index is -0.102. The smallest absolute Gasteiger partial charge is 0.265 e. The van der Waals surface area contributed by atoms with Gasteiger partial charge in [-0.25, -0.2) is 4.98 Å². The zero-order valence-electron chi connectivity index (χ0n) is 16.2. The van der Waals surface area contributed by atoms with E-state index in [4.69, 9.17) is 0 Å². The van der Waals surface area contributed by atoms with E-state index in [1.165, 1.54) is 11.3 Å². The maximum absolute atomic E-state index is 12.8. The van der Waals surface area contributed by atoms with Crippen LogP contribution in [0.3, 0.4) is 0 Å². The molecule has 0 unspecified atom stereocenters. The third-order valence-electron chi connectivity index (χ3n) is 5.16. The summed E-state index contributed by atoms with van der Waals surface area (Å²) in [6.45, 7) is 2.02. The van der Waals surface area contributed by atoms with Gasteiger partial charge in [-0.3, -0.25) is 14.3 Å². The molecule has 7 nitrogen and oxygen atoms in total. The largest absolute Gasteiger partial charge is 0.352 e. The summed E-state index contributed by atoms with van der Waals surface area (Å²) in [7, 11) is 1.79. The Hall–Kier alpha value is -3.00. The minimum Gasteiger partial charge on any atom is -0.352 e. The van der Waals surface area contributed by atoms with E-state index in [0.29, 0.717) is 36.0 Å². The van der Waals surface area contributed by atoms with Crippen molar-refractivity contribution in [3.8, 4) is 10.6 Å². The van der Waals surface area contributed by atoms with Crippen molar-refractivity contribution in [2.75, 3.05) is 19.6 Å². The van der Waals surface area contributed by atoms with E-state index < -0.39 is 0 Å². The summed E-state index contributed by atoms with van der Waals surface area (Å²) in [5.74, 6) is 0.318. The van der Waals surface area contributed by atoms with Gasteiger partial charge < -0.3 is 10.2 Å². The maximum Gasteiger partial charge on any atom is 0.265 e. The zero-order valence-corrected chi connectivity index (χ0v) is 17.1. The lowest BCUT2D eigenvalue weighted by Gasteiger charge is -2.31. The van der Waals surface area contributed by atoms with E-state index in [0.717, 1.165) is 23.4 Å². The summed E-state index contributed by atoms with van der Waals surface area (Å²) in [6.07, 6.45) is 6.70. The highest BCUT2D eigenvalue weighted by Gasteiger charge is 2.25. The average Bonchev–Trinajstić information content (AvgIpc) is 3.42.